The van der Waals surface area contributed by atoms with Gasteiger partial charge in [-0.25, -0.2) is 9.78 Å². The van der Waals surface area contributed by atoms with Crippen molar-refractivity contribution in [3.8, 4) is 5.75 Å². The van der Waals surface area contributed by atoms with Crippen LogP contribution in [0, 0.1) is 6.92 Å². The lowest BCUT2D eigenvalue weighted by Gasteiger charge is -2.12. The van der Waals surface area contributed by atoms with Gasteiger partial charge in [0.2, 0.25) is 0 Å². The van der Waals surface area contributed by atoms with E-state index in [1.54, 1.807) is 18.2 Å². The van der Waals surface area contributed by atoms with Gasteiger partial charge in [0, 0.05) is 11.1 Å². The summed E-state index contributed by atoms with van der Waals surface area (Å²) < 4.78 is 5.24. The topological polar surface area (TPSA) is 71.5 Å². The number of pyridine rings is 1. The number of ether oxygens (including phenoxy) is 1. The van der Waals surface area contributed by atoms with Crippen LogP contribution >= 0.6 is 11.6 Å². The van der Waals surface area contributed by atoms with Gasteiger partial charge in [-0.2, -0.15) is 0 Å². The number of halogens is 1. The molecular formula is C14H13ClN2O3. The van der Waals surface area contributed by atoms with E-state index >= 15 is 0 Å². The number of rotatable bonds is 4. The summed E-state index contributed by atoms with van der Waals surface area (Å²) >= 11 is 6.03. The van der Waals surface area contributed by atoms with Crippen LogP contribution in [0.3, 0.4) is 0 Å². The molecule has 0 bridgehead atoms. The SMILES string of the molecule is COc1cc(Cl)c(C)cc1Nc1cccc(C(=O)O)n1. The maximum absolute atomic E-state index is 10.9. The van der Waals surface area contributed by atoms with Crippen LogP contribution in [0.15, 0.2) is 30.3 Å². The Morgan fingerprint density at radius 1 is 1.40 bits per heavy atom. The number of hydrogen-bond acceptors (Lipinski definition) is 4. The van der Waals surface area contributed by atoms with Crippen LogP contribution in [-0.4, -0.2) is 23.2 Å². The molecule has 0 aliphatic rings. The molecule has 5 nitrogen and oxygen atoms in total. The number of nitrogens with one attached hydrogen (secondary N) is 1. The predicted octanol–water partition coefficient (Wildman–Crippen LogP) is 3.49. The van der Waals surface area contributed by atoms with Gasteiger partial charge < -0.3 is 15.2 Å². The number of aromatic carboxylic acids is 1. The lowest BCUT2D eigenvalue weighted by Crippen LogP contribution is -2.03. The minimum atomic E-state index is -1.08. The molecule has 2 rings (SSSR count). The van der Waals surface area contributed by atoms with Gasteiger partial charge in [-0.1, -0.05) is 17.7 Å². The zero-order valence-electron chi connectivity index (χ0n) is 11.0. The Balaban J connectivity index is 2.36. The highest BCUT2D eigenvalue weighted by molar-refractivity contribution is 6.31. The van der Waals surface area contributed by atoms with Crippen molar-refractivity contribution in [2.75, 3.05) is 12.4 Å². The molecule has 0 atom stereocenters. The van der Waals surface area contributed by atoms with E-state index in [1.807, 2.05) is 13.0 Å². The number of hydrogen-bond donors (Lipinski definition) is 2. The van der Waals surface area contributed by atoms with E-state index in [4.69, 9.17) is 21.4 Å². The molecule has 6 heteroatoms. The van der Waals surface area contributed by atoms with E-state index in [0.29, 0.717) is 22.3 Å². The fourth-order valence-corrected chi connectivity index (χ4v) is 1.84. The largest absolute Gasteiger partial charge is 0.495 e. The zero-order chi connectivity index (χ0) is 14.7. The molecule has 0 aliphatic heterocycles. The molecule has 0 fully saturated rings. The average molecular weight is 293 g/mol. The highest BCUT2D eigenvalue weighted by atomic mass is 35.5. The Labute approximate surface area is 121 Å². The summed E-state index contributed by atoms with van der Waals surface area (Å²) in [5.41, 5.74) is 1.52. The molecule has 0 saturated heterocycles. The summed E-state index contributed by atoms with van der Waals surface area (Å²) in [5, 5.41) is 12.5. The van der Waals surface area contributed by atoms with Crippen LogP contribution in [0.25, 0.3) is 0 Å². The maximum atomic E-state index is 10.9. The van der Waals surface area contributed by atoms with E-state index in [0.717, 1.165) is 5.56 Å². The molecule has 1 aromatic heterocycles. The van der Waals surface area contributed by atoms with Crippen LogP contribution in [-0.2, 0) is 0 Å². The van der Waals surface area contributed by atoms with E-state index in [1.165, 1.54) is 13.2 Å². The standard InChI is InChI=1S/C14H13ClN2O3/c1-8-6-11(12(20-2)7-9(8)15)17-13-5-3-4-10(16-13)14(18)19/h3-7H,1-2H3,(H,16,17)(H,18,19). The zero-order valence-corrected chi connectivity index (χ0v) is 11.7. The van der Waals surface area contributed by atoms with Crippen LogP contribution in [0.2, 0.25) is 5.02 Å². The molecule has 0 aliphatic carbocycles. The monoisotopic (exact) mass is 292 g/mol. The number of aromatic nitrogens is 1. The van der Waals surface area contributed by atoms with Crippen molar-refractivity contribution < 1.29 is 14.6 Å². The van der Waals surface area contributed by atoms with Gasteiger partial charge in [0.1, 0.15) is 11.6 Å². The predicted molar refractivity (Wildman–Crippen MR) is 77.2 cm³/mol. The molecule has 104 valence electrons. The van der Waals surface area contributed by atoms with Crippen molar-refractivity contribution in [2.45, 2.75) is 6.92 Å². The smallest absolute Gasteiger partial charge is 0.354 e. The van der Waals surface area contributed by atoms with Crippen LogP contribution < -0.4 is 10.1 Å². The fraction of sp³-hybridized carbons (Fsp3) is 0.143. The van der Waals surface area contributed by atoms with Crippen LogP contribution in [0.1, 0.15) is 16.1 Å². The first-order valence-corrected chi connectivity index (χ1v) is 6.20. The third-order valence-corrected chi connectivity index (χ3v) is 3.12. The molecule has 1 aromatic carbocycles. The fourth-order valence-electron chi connectivity index (χ4n) is 1.69. The summed E-state index contributed by atoms with van der Waals surface area (Å²) in [6.45, 7) is 1.87. The van der Waals surface area contributed by atoms with E-state index in [9.17, 15) is 4.79 Å². The number of carbonyl (C=O) groups is 1. The Hall–Kier alpha value is -2.27. The second kappa shape index (κ2) is 5.79. The third kappa shape index (κ3) is 3.00. The molecule has 0 unspecified atom stereocenters. The molecule has 2 N–H and O–H groups in total. The third-order valence-electron chi connectivity index (χ3n) is 2.71. The minimum Gasteiger partial charge on any atom is -0.495 e. The summed E-state index contributed by atoms with van der Waals surface area (Å²) in [5.74, 6) is -0.0963. The van der Waals surface area contributed by atoms with Crippen LogP contribution in [0.4, 0.5) is 11.5 Å². The molecule has 20 heavy (non-hydrogen) atoms. The molecule has 0 saturated carbocycles. The van der Waals surface area contributed by atoms with Crippen molar-refractivity contribution >= 4 is 29.1 Å². The number of carboxylic acid groups (broad SMARTS) is 1. The number of anilines is 2. The molecule has 0 radical (unpaired) electrons. The Bertz CT molecular complexity index is 659. The maximum Gasteiger partial charge on any atom is 0.354 e. The van der Waals surface area contributed by atoms with E-state index < -0.39 is 5.97 Å². The normalized spacial score (nSPS) is 10.2. The summed E-state index contributed by atoms with van der Waals surface area (Å²) in [6.07, 6.45) is 0. The second-order valence-electron chi connectivity index (χ2n) is 4.14. The molecule has 0 spiro atoms. The van der Waals surface area contributed by atoms with Gasteiger partial charge in [0.15, 0.2) is 5.69 Å². The van der Waals surface area contributed by atoms with Gasteiger partial charge in [0.25, 0.3) is 0 Å². The van der Waals surface area contributed by atoms with E-state index in [-0.39, 0.29) is 5.69 Å². The summed E-state index contributed by atoms with van der Waals surface area (Å²) in [4.78, 5) is 14.9. The van der Waals surface area contributed by atoms with Crippen molar-refractivity contribution in [1.29, 1.82) is 0 Å². The first kappa shape index (κ1) is 14.1. The number of aryl methyl sites for hydroxylation is 1. The second-order valence-corrected chi connectivity index (χ2v) is 4.55. The minimum absolute atomic E-state index is 0.0281. The van der Waals surface area contributed by atoms with Crippen molar-refractivity contribution in [2.24, 2.45) is 0 Å². The van der Waals surface area contributed by atoms with Crippen LogP contribution in [0.5, 0.6) is 5.75 Å². The highest BCUT2D eigenvalue weighted by Gasteiger charge is 2.09. The summed E-state index contributed by atoms with van der Waals surface area (Å²) in [7, 11) is 1.53. The highest BCUT2D eigenvalue weighted by Crippen LogP contribution is 2.32. The number of nitrogens with zero attached hydrogens (tertiary/aromatic N) is 1. The molecular weight excluding hydrogens is 280 g/mol. The van der Waals surface area contributed by atoms with Crippen molar-refractivity contribution in [3.05, 3.63) is 46.6 Å². The Morgan fingerprint density at radius 2 is 2.15 bits per heavy atom. The lowest BCUT2D eigenvalue weighted by atomic mass is 10.2. The lowest BCUT2D eigenvalue weighted by molar-refractivity contribution is 0.0690. The first-order valence-electron chi connectivity index (χ1n) is 5.83. The average Bonchev–Trinajstić information content (AvgIpc) is 2.43. The number of benzene rings is 1. The van der Waals surface area contributed by atoms with Gasteiger partial charge in [-0.3, -0.25) is 0 Å². The van der Waals surface area contributed by atoms with E-state index in [2.05, 4.69) is 10.3 Å². The molecule has 1 heterocycles. The van der Waals surface area contributed by atoms with Gasteiger partial charge in [-0.15, -0.1) is 0 Å². The van der Waals surface area contributed by atoms with Gasteiger partial charge >= 0.3 is 5.97 Å². The number of methoxy groups -OCH3 is 1. The van der Waals surface area contributed by atoms with Gasteiger partial charge in [0.05, 0.1) is 12.8 Å². The van der Waals surface area contributed by atoms with Gasteiger partial charge in [-0.05, 0) is 30.7 Å². The van der Waals surface area contributed by atoms with Crippen molar-refractivity contribution in [3.63, 3.8) is 0 Å². The first-order chi connectivity index (χ1) is 9.51. The Morgan fingerprint density at radius 3 is 2.80 bits per heavy atom. The van der Waals surface area contributed by atoms with Crippen molar-refractivity contribution in [1.82, 2.24) is 4.98 Å². The number of carboxylic acids is 1. The molecule has 0 amide bonds. The molecule has 2 aromatic rings. The Kier molecular flexibility index (Phi) is 4.10. The summed E-state index contributed by atoms with van der Waals surface area (Å²) in [6, 6.07) is 8.23. The quantitative estimate of drug-likeness (QED) is 0.902.